The van der Waals surface area contributed by atoms with Gasteiger partial charge in [0.1, 0.15) is 0 Å². The number of pyridine rings is 1. The minimum Gasteiger partial charge on any atom is -0.391 e. The van der Waals surface area contributed by atoms with Gasteiger partial charge in [-0.1, -0.05) is 37.1 Å². The lowest BCUT2D eigenvalue weighted by atomic mass is 9.91. The van der Waals surface area contributed by atoms with Crippen LogP contribution in [0.1, 0.15) is 31.2 Å². The summed E-state index contributed by atoms with van der Waals surface area (Å²) in [6, 6.07) is 10.7. The molecule has 1 fully saturated rings. The quantitative estimate of drug-likeness (QED) is 0.931. The molecule has 1 heterocycles. The van der Waals surface area contributed by atoms with Crippen LogP contribution >= 0.6 is 0 Å². The molecule has 1 aromatic carbocycles. The topological polar surface area (TPSA) is 36.4 Å². The predicted molar refractivity (Wildman–Crippen MR) is 81.5 cm³/mol. The summed E-state index contributed by atoms with van der Waals surface area (Å²) >= 11 is 0. The Hall–Kier alpha value is -1.45. The maximum absolute atomic E-state index is 10.2. The van der Waals surface area contributed by atoms with Gasteiger partial charge in [0.2, 0.25) is 0 Å². The molecule has 106 valence electrons. The number of hydrogen-bond donors (Lipinski definition) is 1. The van der Waals surface area contributed by atoms with Gasteiger partial charge in [-0.25, -0.2) is 0 Å². The van der Waals surface area contributed by atoms with Crippen LogP contribution in [0.25, 0.3) is 10.9 Å². The summed E-state index contributed by atoms with van der Waals surface area (Å²) in [6.07, 6.45) is 6.07. The van der Waals surface area contributed by atoms with Crippen molar-refractivity contribution in [2.75, 3.05) is 7.05 Å². The molecule has 1 aromatic heterocycles. The van der Waals surface area contributed by atoms with E-state index in [1.165, 1.54) is 17.4 Å². The van der Waals surface area contributed by atoms with Gasteiger partial charge in [0.05, 0.1) is 11.6 Å². The molecule has 0 radical (unpaired) electrons. The van der Waals surface area contributed by atoms with Crippen LogP contribution in [0.2, 0.25) is 0 Å². The molecule has 1 N–H and O–H groups in total. The summed E-state index contributed by atoms with van der Waals surface area (Å²) in [6.45, 7) is 0.843. The molecule has 1 aliphatic carbocycles. The maximum Gasteiger partial charge on any atom is 0.0746 e. The number of fused-ring (bicyclic) bond motifs is 1. The Morgan fingerprint density at radius 2 is 2.00 bits per heavy atom. The molecule has 0 saturated heterocycles. The van der Waals surface area contributed by atoms with Crippen molar-refractivity contribution in [3.8, 4) is 0 Å². The van der Waals surface area contributed by atoms with Gasteiger partial charge in [0.15, 0.2) is 0 Å². The summed E-state index contributed by atoms with van der Waals surface area (Å²) in [5.74, 6) is 0. The van der Waals surface area contributed by atoms with E-state index < -0.39 is 0 Å². The van der Waals surface area contributed by atoms with Crippen molar-refractivity contribution < 1.29 is 5.11 Å². The molecule has 0 bridgehead atoms. The van der Waals surface area contributed by atoms with Crippen LogP contribution in [0.3, 0.4) is 0 Å². The van der Waals surface area contributed by atoms with Crippen molar-refractivity contribution in [2.45, 2.75) is 44.4 Å². The first-order valence-corrected chi connectivity index (χ1v) is 7.46. The van der Waals surface area contributed by atoms with E-state index in [0.717, 1.165) is 31.3 Å². The third-order valence-corrected chi connectivity index (χ3v) is 4.40. The lowest BCUT2D eigenvalue weighted by Gasteiger charge is -2.35. The minimum absolute atomic E-state index is 0.184. The molecule has 2 aromatic rings. The van der Waals surface area contributed by atoms with Crippen LogP contribution < -0.4 is 0 Å². The summed E-state index contributed by atoms with van der Waals surface area (Å²) < 4.78 is 0. The van der Waals surface area contributed by atoms with E-state index >= 15 is 0 Å². The first-order chi connectivity index (χ1) is 9.75. The number of hydrogen-bond acceptors (Lipinski definition) is 3. The SMILES string of the molecule is CN(Cc1cccc2cccnc12)C1CCCCC1O. The lowest BCUT2D eigenvalue weighted by Crippen LogP contribution is -2.42. The van der Waals surface area contributed by atoms with E-state index in [-0.39, 0.29) is 12.1 Å². The van der Waals surface area contributed by atoms with Crippen molar-refractivity contribution in [1.82, 2.24) is 9.88 Å². The van der Waals surface area contributed by atoms with Gasteiger partial charge in [-0.05, 0) is 31.5 Å². The van der Waals surface area contributed by atoms with Gasteiger partial charge >= 0.3 is 0 Å². The molecule has 2 unspecified atom stereocenters. The fourth-order valence-corrected chi connectivity index (χ4v) is 3.29. The van der Waals surface area contributed by atoms with Crippen LogP contribution in [0.15, 0.2) is 36.5 Å². The smallest absolute Gasteiger partial charge is 0.0746 e. The van der Waals surface area contributed by atoms with E-state index in [2.05, 4.69) is 41.2 Å². The number of aliphatic hydroxyl groups is 1. The fourth-order valence-electron chi connectivity index (χ4n) is 3.29. The Labute approximate surface area is 120 Å². The lowest BCUT2D eigenvalue weighted by molar-refractivity contribution is 0.0290. The van der Waals surface area contributed by atoms with E-state index in [0.29, 0.717) is 0 Å². The van der Waals surface area contributed by atoms with Crippen molar-refractivity contribution in [1.29, 1.82) is 0 Å². The van der Waals surface area contributed by atoms with Gasteiger partial charge in [-0.15, -0.1) is 0 Å². The van der Waals surface area contributed by atoms with Gasteiger partial charge in [-0.3, -0.25) is 9.88 Å². The van der Waals surface area contributed by atoms with E-state index in [1.807, 2.05) is 12.3 Å². The van der Waals surface area contributed by atoms with Crippen molar-refractivity contribution in [2.24, 2.45) is 0 Å². The molecular formula is C17H22N2O. The van der Waals surface area contributed by atoms with Crippen LogP contribution in [0, 0.1) is 0 Å². The van der Waals surface area contributed by atoms with Crippen LogP contribution in [0.5, 0.6) is 0 Å². The van der Waals surface area contributed by atoms with Gasteiger partial charge < -0.3 is 5.11 Å². The van der Waals surface area contributed by atoms with E-state index in [4.69, 9.17) is 0 Å². The second kappa shape index (κ2) is 5.90. The van der Waals surface area contributed by atoms with Crippen LogP contribution in [-0.4, -0.2) is 34.2 Å². The zero-order valence-corrected chi connectivity index (χ0v) is 12.0. The molecule has 1 aliphatic rings. The first-order valence-electron chi connectivity index (χ1n) is 7.46. The number of rotatable bonds is 3. The first kappa shape index (κ1) is 13.5. The average molecular weight is 270 g/mol. The minimum atomic E-state index is -0.184. The second-order valence-corrected chi connectivity index (χ2v) is 5.83. The zero-order chi connectivity index (χ0) is 13.9. The third kappa shape index (κ3) is 2.69. The Balaban J connectivity index is 1.82. The number of aliphatic hydroxyl groups excluding tert-OH is 1. The Morgan fingerprint density at radius 1 is 1.20 bits per heavy atom. The zero-order valence-electron chi connectivity index (χ0n) is 12.0. The number of benzene rings is 1. The van der Waals surface area contributed by atoms with E-state index in [1.54, 1.807) is 0 Å². The molecule has 3 nitrogen and oxygen atoms in total. The van der Waals surface area contributed by atoms with Gasteiger partial charge in [0.25, 0.3) is 0 Å². The highest BCUT2D eigenvalue weighted by Gasteiger charge is 2.26. The van der Waals surface area contributed by atoms with Crippen LogP contribution in [0.4, 0.5) is 0 Å². The van der Waals surface area contributed by atoms with E-state index in [9.17, 15) is 5.11 Å². The normalized spacial score (nSPS) is 23.4. The fraction of sp³-hybridized carbons (Fsp3) is 0.471. The third-order valence-electron chi connectivity index (χ3n) is 4.40. The maximum atomic E-state index is 10.2. The molecular weight excluding hydrogens is 248 g/mol. The summed E-state index contributed by atoms with van der Waals surface area (Å²) in [5.41, 5.74) is 2.32. The number of para-hydroxylation sites is 1. The number of nitrogens with zero attached hydrogens (tertiary/aromatic N) is 2. The monoisotopic (exact) mass is 270 g/mol. The van der Waals surface area contributed by atoms with Crippen LogP contribution in [-0.2, 0) is 6.54 Å². The molecule has 0 aliphatic heterocycles. The highest BCUT2D eigenvalue weighted by Crippen LogP contribution is 2.25. The standard InChI is InChI=1S/C17H22N2O/c1-19(15-9-2-3-10-16(15)20)12-14-7-4-6-13-8-5-11-18-17(13)14/h4-8,11,15-16,20H,2-3,9-10,12H2,1H3. The molecule has 3 heteroatoms. The molecule has 0 amide bonds. The Kier molecular flexibility index (Phi) is 3.99. The van der Waals surface area contributed by atoms with Crippen molar-refractivity contribution >= 4 is 10.9 Å². The Bertz CT molecular complexity index is 579. The highest BCUT2D eigenvalue weighted by atomic mass is 16.3. The molecule has 0 spiro atoms. The molecule has 2 atom stereocenters. The van der Waals surface area contributed by atoms with Gasteiger partial charge in [-0.2, -0.15) is 0 Å². The highest BCUT2D eigenvalue weighted by molar-refractivity contribution is 5.81. The second-order valence-electron chi connectivity index (χ2n) is 5.83. The Morgan fingerprint density at radius 3 is 2.85 bits per heavy atom. The van der Waals surface area contributed by atoms with Gasteiger partial charge in [0, 0.05) is 24.2 Å². The van der Waals surface area contributed by atoms with Crippen molar-refractivity contribution in [3.05, 3.63) is 42.1 Å². The summed E-state index contributed by atoms with van der Waals surface area (Å²) in [4.78, 5) is 6.79. The summed E-state index contributed by atoms with van der Waals surface area (Å²) in [7, 11) is 2.11. The average Bonchev–Trinajstić information content (AvgIpc) is 2.48. The largest absolute Gasteiger partial charge is 0.391 e. The number of likely N-dealkylation sites (N-methyl/N-ethyl adjacent to an activating group) is 1. The molecule has 20 heavy (non-hydrogen) atoms. The van der Waals surface area contributed by atoms with Crippen molar-refractivity contribution in [3.63, 3.8) is 0 Å². The summed E-state index contributed by atoms with van der Waals surface area (Å²) in [5, 5.41) is 11.4. The molecule has 3 rings (SSSR count). The molecule has 1 saturated carbocycles. The predicted octanol–water partition coefficient (Wildman–Crippen LogP) is 2.97. The number of aromatic nitrogens is 1.